The monoisotopic (exact) mass is 254 g/mol. The van der Waals surface area contributed by atoms with Gasteiger partial charge >= 0.3 is 0 Å². The highest BCUT2D eigenvalue weighted by Gasteiger charge is 2.29. The first-order valence-electron chi connectivity index (χ1n) is 6.92. The average molecular weight is 254 g/mol. The molecule has 0 radical (unpaired) electrons. The Hall–Kier alpha value is -0.420. The third-order valence-corrected chi connectivity index (χ3v) is 3.64. The largest absolute Gasteiger partial charge is 0.376 e. The van der Waals surface area contributed by atoms with E-state index in [1.165, 1.54) is 5.57 Å². The van der Waals surface area contributed by atoms with Gasteiger partial charge in [-0.1, -0.05) is 12.2 Å². The van der Waals surface area contributed by atoms with Crippen molar-refractivity contribution in [2.45, 2.75) is 50.1 Å². The summed E-state index contributed by atoms with van der Waals surface area (Å²) in [6.07, 6.45) is 5.59. The Morgan fingerprint density at radius 3 is 2.28 bits per heavy atom. The van der Waals surface area contributed by atoms with Gasteiger partial charge in [-0.25, -0.2) is 0 Å². The number of rotatable bonds is 8. The third kappa shape index (κ3) is 4.05. The van der Waals surface area contributed by atoms with Gasteiger partial charge in [0.25, 0.3) is 0 Å². The summed E-state index contributed by atoms with van der Waals surface area (Å²) in [6, 6.07) is 0. The lowest BCUT2D eigenvalue weighted by Crippen LogP contribution is -2.18. The third-order valence-electron chi connectivity index (χ3n) is 3.64. The summed E-state index contributed by atoms with van der Waals surface area (Å²) < 4.78 is 21.9. The van der Waals surface area contributed by atoms with Crippen LogP contribution in [0.4, 0.5) is 0 Å². The highest BCUT2D eigenvalue weighted by Crippen LogP contribution is 2.28. The molecule has 3 fully saturated rings. The van der Waals surface area contributed by atoms with E-state index in [0.717, 1.165) is 45.5 Å². The van der Waals surface area contributed by atoms with E-state index in [2.05, 4.69) is 6.58 Å². The van der Waals surface area contributed by atoms with E-state index < -0.39 is 0 Å². The molecule has 0 spiro atoms. The van der Waals surface area contributed by atoms with Crippen LogP contribution in [0.15, 0.2) is 12.2 Å². The topological polar surface area (TPSA) is 43.5 Å². The molecule has 3 aliphatic rings. The molecule has 3 saturated heterocycles. The zero-order chi connectivity index (χ0) is 12.4. The molecule has 0 bridgehead atoms. The van der Waals surface area contributed by atoms with Crippen LogP contribution in [-0.2, 0) is 18.9 Å². The first-order valence-corrected chi connectivity index (χ1v) is 6.92. The molecule has 0 aromatic heterocycles. The quantitative estimate of drug-likeness (QED) is 0.488. The van der Waals surface area contributed by atoms with E-state index in [0.29, 0.717) is 24.9 Å². The van der Waals surface area contributed by atoms with Gasteiger partial charge < -0.3 is 18.9 Å². The van der Waals surface area contributed by atoms with Crippen molar-refractivity contribution >= 4 is 0 Å². The van der Waals surface area contributed by atoms with Gasteiger partial charge in [0.15, 0.2) is 0 Å². The second-order valence-electron chi connectivity index (χ2n) is 5.56. The SMILES string of the molecule is C=C(CC1CO1)CC1CCC(COCC2CO2)O1. The molecule has 3 aliphatic heterocycles. The molecule has 0 aliphatic carbocycles. The van der Waals surface area contributed by atoms with Crippen molar-refractivity contribution in [1.29, 1.82) is 0 Å². The van der Waals surface area contributed by atoms with Crippen LogP contribution in [0.25, 0.3) is 0 Å². The van der Waals surface area contributed by atoms with Gasteiger partial charge in [0, 0.05) is 0 Å². The van der Waals surface area contributed by atoms with Gasteiger partial charge in [-0.2, -0.15) is 0 Å². The van der Waals surface area contributed by atoms with Crippen molar-refractivity contribution in [1.82, 2.24) is 0 Å². The first-order chi connectivity index (χ1) is 8.79. The minimum Gasteiger partial charge on any atom is -0.376 e. The van der Waals surface area contributed by atoms with E-state index in [1.807, 2.05) is 0 Å². The zero-order valence-electron chi connectivity index (χ0n) is 10.8. The molecular weight excluding hydrogens is 232 g/mol. The van der Waals surface area contributed by atoms with Crippen molar-refractivity contribution in [3.05, 3.63) is 12.2 Å². The van der Waals surface area contributed by atoms with Gasteiger partial charge in [0.2, 0.25) is 0 Å². The molecule has 4 atom stereocenters. The fourth-order valence-electron chi connectivity index (χ4n) is 2.46. The zero-order valence-corrected chi connectivity index (χ0v) is 10.8. The molecule has 102 valence electrons. The summed E-state index contributed by atoms with van der Waals surface area (Å²) in [5.41, 5.74) is 1.26. The molecule has 3 rings (SSSR count). The Bertz CT molecular complexity index is 296. The van der Waals surface area contributed by atoms with E-state index in [-0.39, 0.29) is 6.10 Å². The molecule has 0 N–H and O–H groups in total. The Morgan fingerprint density at radius 2 is 1.56 bits per heavy atom. The molecule has 4 heteroatoms. The summed E-state index contributed by atoms with van der Waals surface area (Å²) in [6.45, 7) is 7.30. The summed E-state index contributed by atoms with van der Waals surface area (Å²) in [4.78, 5) is 0. The summed E-state index contributed by atoms with van der Waals surface area (Å²) >= 11 is 0. The highest BCUT2D eigenvalue weighted by atomic mass is 16.6. The number of epoxide rings is 2. The van der Waals surface area contributed by atoms with Crippen LogP contribution in [0, 0.1) is 0 Å². The lowest BCUT2D eigenvalue weighted by molar-refractivity contribution is -0.0174. The second-order valence-corrected chi connectivity index (χ2v) is 5.56. The highest BCUT2D eigenvalue weighted by molar-refractivity contribution is 5.01. The van der Waals surface area contributed by atoms with Crippen LogP contribution >= 0.6 is 0 Å². The molecule has 4 nitrogen and oxygen atoms in total. The second kappa shape index (κ2) is 5.70. The molecule has 3 heterocycles. The Kier molecular flexibility index (Phi) is 3.99. The molecular formula is C14H22O4. The predicted octanol–water partition coefficient (Wildman–Crippen LogP) is 1.68. The van der Waals surface area contributed by atoms with E-state index in [4.69, 9.17) is 18.9 Å². The minimum absolute atomic E-state index is 0.263. The molecule has 0 aromatic rings. The summed E-state index contributed by atoms with van der Waals surface area (Å²) in [7, 11) is 0. The first kappa shape index (κ1) is 12.6. The van der Waals surface area contributed by atoms with Crippen molar-refractivity contribution in [3.8, 4) is 0 Å². The number of hydrogen-bond donors (Lipinski definition) is 0. The van der Waals surface area contributed by atoms with Gasteiger partial charge in [-0.05, 0) is 25.7 Å². The average Bonchev–Trinajstić information content (AvgIpc) is 3.23. The van der Waals surface area contributed by atoms with Crippen molar-refractivity contribution in [3.63, 3.8) is 0 Å². The summed E-state index contributed by atoms with van der Waals surface area (Å²) in [5, 5.41) is 0. The Labute approximate surface area is 108 Å². The maximum absolute atomic E-state index is 5.97. The fraction of sp³-hybridized carbons (Fsp3) is 0.857. The smallest absolute Gasteiger partial charge is 0.104 e. The van der Waals surface area contributed by atoms with Gasteiger partial charge in [0.1, 0.15) is 6.10 Å². The molecule has 0 saturated carbocycles. The van der Waals surface area contributed by atoms with Crippen LogP contribution in [0.2, 0.25) is 0 Å². The van der Waals surface area contributed by atoms with Gasteiger partial charge in [-0.15, -0.1) is 0 Å². The van der Waals surface area contributed by atoms with Crippen LogP contribution in [-0.4, -0.2) is 50.8 Å². The molecule has 4 unspecified atom stereocenters. The normalized spacial score (nSPS) is 37.8. The van der Waals surface area contributed by atoms with E-state index in [1.54, 1.807) is 0 Å². The predicted molar refractivity (Wildman–Crippen MR) is 66.6 cm³/mol. The van der Waals surface area contributed by atoms with Crippen LogP contribution in [0.5, 0.6) is 0 Å². The number of hydrogen-bond acceptors (Lipinski definition) is 4. The number of ether oxygens (including phenoxy) is 4. The van der Waals surface area contributed by atoms with E-state index in [9.17, 15) is 0 Å². The summed E-state index contributed by atoms with van der Waals surface area (Å²) in [5.74, 6) is 0. The van der Waals surface area contributed by atoms with Crippen molar-refractivity contribution in [2.75, 3.05) is 26.4 Å². The van der Waals surface area contributed by atoms with E-state index >= 15 is 0 Å². The fourth-order valence-corrected chi connectivity index (χ4v) is 2.46. The van der Waals surface area contributed by atoms with Crippen LogP contribution in [0.3, 0.4) is 0 Å². The van der Waals surface area contributed by atoms with Crippen LogP contribution in [0.1, 0.15) is 25.7 Å². The lowest BCUT2D eigenvalue weighted by Gasteiger charge is -2.14. The molecule has 0 aromatic carbocycles. The maximum atomic E-state index is 5.97. The lowest BCUT2D eigenvalue weighted by atomic mass is 10.0. The van der Waals surface area contributed by atoms with Gasteiger partial charge in [-0.3, -0.25) is 0 Å². The van der Waals surface area contributed by atoms with Crippen molar-refractivity contribution in [2.24, 2.45) is 0 Å². The Balaban J connectivity index is 1.28. The maximum Gasteiger partial charge on any atom is 0.104 e. The molecule has 18 heavy (non-hydrogen) atoms. The Morgan fingerprint density at radius 1 is 0.944 bits per heavy atom. The van der Waals surface area contributed by atoms with Crippen LogP contribution < -0.4 is 0 Å². The van der Waals surface area contributed by atoms with Crippen molar-refractivity contribution < 1.29 is 18.9 Å². The minimum atomic E-state index is 0.263. The molecule has 0 amide bonds. The van der Waals surface area contributed by atoms with Gasteiger partial charge in [0.05, 0.1) is 44.7 Å². The standard InChI is InChI=1S/C14H22O4/c1-10(5-13-8-16-13)4-11-2-3-12(18-11)6-15-7-14-9-17-14/h11-14H,1-9H2.